The lowest BCUT2D eigenvalue weighted by Gasteiger charge is -2.29. The van der Waals surface area contributed by atoms with Gasteiger partial charge in [0.1, 0.15) is 5.82 Å². The smallest absolute Gasteiger partial charge is 0.180 e. The zero-order valence-corrected chi connectivity index (χ0v) is 10.6. The minimum Gasteiger partial charge on any atom is -0.382 e. The number of rotatable bonds is 4. The van der Waals surface area contributed by atoms with Crippen molar-refractivity contribution in [1.29, 1.82) is 0 Å². The van der Waals surface area contributed by atoms with Crippen molar-refractivity contribution in [1.82, 2.24) is 14.4 Å². The van der Waals surface area contributed by atoms with Crippen LogP contribution in [0, 0.1) is 0 Å². The van der Waals surface area contributed by atoms with Crippen molar-refractivity contribution in [3.05, 3.63) is 18.6 Å². The molecule has 0 aliphatic heterocycles. The molecule has 0 aromatic carbocycles. The molecule has 0 fully saturated rings. The standard InChI is InChI=1S/C12H19N5/c1-4-12(3,5-2)16-10-11-14-6-7-17(11)8-9(13)15-10/h6-8H,4-5,13H2,1-3H3,(H,15,16). The lowest BCUT2D eigenvalue weighted by molar-refractivity contribution is 0.477. The second-order valence-electron chi connectivity index (χ2n) is 4.57. The van der Waals surface area contributed by atoms with Crippen molar-refractivity contribution in [3.63, 3.8) is 0 Å². The van der Waals surface area contributed by atoms with Crippen LogP contribution in [-0.2, 0) is 0 Å². The van der Waals surface area contributed by atoms with Gasteiger partial charge in [-0.25, -0.2) is 9.97 Å². The molecule has 0 aliphatic carbocycles. The van der Waals surface area contributed by atoms with Crippen molar-refractivity contribution in [3.8, 4) is 0 Å². The van der Waals surface area contributed by atoms with Gasteiger partial charge >= 0.3 is 0 Å². The molecule has 3 N–H and O–H groups in total. The predicted molar refractivity (Wildman–Crippen MR) is 70.0 cm³/mol. The summed E-state index contributed by atoms with van der Waals surface area (Å²) < 4.78 is 1.89. The van der Waals surface area contributed by atoms with Gasteiger partial charge in [-0.2, -0.15) is 0 Å². The summed E-state index contributed by atoms with van der Waals surface area (Å²) in [5, 5.41) is 3.45. The maximum Gasteiger partial charge on any atom is 0.180 e. The Kier molecular flexibility index (Phi) is 2.92. The van der Waals surface area contributed by atoms with Crippen molar-refractivity contribution in [2.75, 3.05) is 11.1 Å². The average molecular weight is 233 g/mol. The fourth-order valence-corrected chi connectivity index (χ4v) is 1.75. The Morgan fingerprint density at radius 2 is 2.12 bits per heavy atom. The highest BCUT2D eigenvalue weighted by atomic mass is 15.1. The van der Waals surface area contributed by atoms with Gasteiger partial charge in [-0.1, -0.05) is 13.8 Å². The molecule has 5 nitrogen and oxygen atoms in total. The van der Waals surface area contributed by atoms with Crippen LogP contribution in [0.25, 0.3) is 5.65 Å². The average Bonchev–Trinajstić information content (AvgIpc) is 2.77. The van der Waals surface area contributed by atoms with E-state index in [-0.39, 0.29) is 5.54 Å². The molecule has 2 aromatic rings. The highest BCUT2D eigenvalue weighted by Gasteiger charge is 2.21. The summed E-state index contributed by atoms with van der Waals surface area (Å²) >= 11 is 0. The minimum atomic E-state index is 0.0211. The first-order valence-electron chi connectivity index (χ1n) is 5.95. The third-order valence-corrected chi connectivity index (χ3v) is 3.37. The Morgan fingerprint density at radius 3 is 2.76 bits per heavy atom. The first-order valence-corrected chi connectivity index (χ1v) is 5.95. The summed E-state index contributed by atoms with van der Waals surface area (Å²) in [5.41, 5.74) is 6.62. The lowest BCUT2D eigenvalue weighted by atomic mass is 9.96. The number of imidazole rings is 1. The highest BCUT2D eigenvalue weighted by molar-refractivity contribution is 5.65. The van der Waals surface area contributed by atoms with Crippen LogP contribution in [0.3, 0.4) is 0 Å². The van der Waals surface area contributed by atoms with E-state index in [9.17, 15) is 0 Å². The van der Waals surface area contributed by atoms with Crippen LogP contribution in [0.5, 0.6) is 0 Å². The van der Waals surface area contributed by atoms with Crippen LogP contribution in [-0.4, -0.2) is 19.9 Å². The van der Waals surface area contributed by atoms with Gasteiger partial charge in [0.05, 0.1) is 6.20 Å². The molecule has 2 rings (SSSR count). The molecule has 5 heteroatoms. The highest BCUT2D eigenvalue weighted by Crippen LogP contribution is 2.23. The molecular formula is C12H19N5. The van der Waals surface area contributed by atoms with Crippen molar-refractivity contribution < 1.29 is 0 Å². The largest absolute Gasteiger partial charge is 0.382 e. The van der Waals surface area contributed by atoms with Gasteiger partial charge in [0.25, 0.3) is 0 Å². The van der Waals surface area contributed by atoms with Gasteiger partial charge < -0.3 is 15.5 Å². The number of anilines is 2. The minimum absolute atomic E-state index is 0.0211. The van der Waals surface area contributed by atoms with E-state index in [1.54, 1.807) is 12.4 Å². The molecule has 0 radical (unpaired) electrons. The quantitative estimate of drug-likeness (QED) is 0.850. The van der Waals surface area contributed by atoms with Gasteiger partial charge in [-0.15, -0.1) is 0 Å². The van der Waals surface area contributed by atoms with E-state index in [2.05, 4.69) is 36.1 Å². The van der Waals surface area contributed by atoms with E-state index in [1.165, 1.54) is 0 Å². The number of nitrogen functional groups attached to an aromatic ring is 1. The van der Waals surface area contributed by atoms with Gasteiger partial charge in [-0.3, -0.25) is 0 Å². The summed E-state index contributed by atoms with van der Waals surface area (Å²) in [4.78, 5) is 8.63. The lowest BCUT2D eigenvalue weighted by Crippen LogP contribution is -2.33. The summed E-state index contributed by atoms with van der Waals surface area (Å²) in [7, 11) is 0. The third-order valence-electron chi connectivity index (χ3n) is 3.37. The molecule has 0 atom stereocenters. The Morgan fingerprint density at radius 1 is 1.41 bits per heavy atom. The predicted octanol–water partition coefficient (Wildman–Crippen LogP) is 2.30. The molecule has 2 aromatic heterocycles. The first kappa shape index (κ1) is 11.7. The van der Waals surface area contributed by atoms with Crippen molar-refractivity contribution in [2.45, 2.75) is 39.2 Å². The number of fused-ring (bicyclic) bond motifs is 1. The monoisotopic (exact) mass is 233 g/mol. The number of nitrogens with two attached hydrogens (primary N) is 1. The van der Waals surface area contributed by atoms with Crippen LogP contribution in [0.4, 0.5) is 11.6 Å². The number of nitrogens with one attached hydrogen (secondary N) is 1. The van der Waals surface area contributed by atoms with Gasteiger partial charge in [0, 0.05) is 17.9 Å². The maximum absolute atomic E-state index is 5.79. The third kappa shape index (κ3) is 2.18. The molecule has 0 saturated carbocycles. The fourth-order valence-electron chi connectivity index (χ4n) is 1.75. The number of aromatic nitrogens is 3. The number of hydrogen-bond donors (Lipinski definition) is 2. The normalized spacial score (nSPS) is 11.9. The molecule has 0 aliphatic rings. The molecule has 0 unspecified atom stereocenters. The van der Waals surface area contributed by atoms with Gasteiger partial charge in [0.2, 0.25) is 0 Å². The molecule has 17 heavy (non-hydrogen) atoms. The second kappa shape index (κ2) is 4.24. The van der Waals surface area contributed by atoms with E-state index < -0.39 is 0 Å². The topological polar surface area (TPSA) is 68.2 Å². The van der Waals surface area contributed by atoms with Crippen LogP contribution >= 0.6 is 0 Å². The van der Waals surface area contributed by atoms with Crippen molar-refractivity contribution in [2.24, 2.45) is 0 Å². The van der Waals surface area contributed by atoms with E-state index in [1.807, 2.05) is 10.6 Å². The molecule has 0 amide bonds. The van der Waals surface area contributed by atoms with E-state index in [0.717, 1.165) is 24.3 Å². The molecule has 0 spiro atoms. The first-order chi connectivity index (χ1) is 8.08. The summed E-state index contributed by atoms with van der Waals surface area (Å²) in [5.74, 6) is 1.24. The Hall–Kier alpha value is -1.78. The van der Waals surface area contributed by atoms with Crippen LogP contribution < -0.4 is 11.1 Å². The van der Waals surface area contributed by atoms with E-state index in [4.69, 9.17) is 5.73 Å². The Balaban J connectivity index is 2.44. The SMILES string of the molecule is CCC(C)(CC)Nc1nc(N)cn2ccnc12. The molecule has 0 saturated heterocycles. The van der Waals surface area contributed by atoms with Crippen LogP contribution in [0.15, 0.2) is 18.6 Å². The summed E-state index contributed by atoms with van der Waals surface area (Å²) in [6.45, 7) is 6.49. The zero-order valence-electron chi connectivity index (χ0n) is 10.6. The van der Waals surface area contributed by atoms with E-state index >= 15 is 0 Å². The van der Waals surface area contributed by atoms with Gasteiger partial charge in [0.15, 0.2) is 11.5 Å². The molecular weight excluding hydrogens is 214 g/mol. The molecule has 2 heterocycles. The Bertz CT molecular complexity index is 513. The Labute approximate surface area is 101 Å². The molecule has 0 bridgehead atoms. The van der Waals surface area contributed by atoms with Gasteiger partial charge in [-0.05, 0) is 19.8 Å². The van der Waals surface area contributed by atoms with Crippen LogP contribution in [0.1, 0.15) is 33.6 Å². The second-order valence-corrected chi connectivity index (χ2v) is 4.57. The number of nitrogens with zero attached hydrogens (tertiary/aromatic N) is 3. The summed E-state index contributed by atoms with van der Waals surface area (Å²) in [6.07, 6.45) is 7.42. The number of hydrogen-bond acceptors (Lipinski definition) is 4. The molecule has 92 valence electrons. The fraction of sp³-hybridized carbons (Fsp3) is 0.500. The maximum atomic E-state index is 5.79. The van der Waals surface area contributed by atoms with E-state index in [0.29, 0.717) is 5.82 Å². The summed E-state index contributed by atoms with van der Waals surface area (Å²) in [6, 6.07) is 0. The zero-order chi connectivity index (χ0) is 12.5. The van der Waals surface area contributed by atoms with Crippen LogP contribution in [0.2, 0.25) is 0 Å². The van der Waals surface area contributed by atoms with Crippen molar-refractivity contribution >= 4 is 17.3 Å².